The van der Waals surface area contributed by atoms with Crippen molar-refractivity contribution in [3.05, 3.63) is 40.7 Å². The Morgan fingerprint density at radius 2 is 2.00 bits per heavy atom. The maximum Gasteiger partial charge on any atom is 0.432 e. The number of benzene rings is 1. The van der Waals surface area contributed by atoms with Crippen molar-refractivity contribution in [2.45, 2.75) is 6.18 Å². The van der Waals surface area contributed by atoms with Crippen LogP contribution in [0.15, 0.2) is 30.1 Å². The summed E-state index contributed by atoms with van der Waals surface area (Å²) >= 11 is 5.64. The molecule has 1 rings (SSSR count). The quantitative estimate of drug-likeness (QED) is 0.505. The van der Waals surface area contributed by atoms with E-state index in [1.54, 1.807) is 0 Å². The van der Waals surface area contributed by atoms with Gasteiger partial charge in [-0.15, -0.1) is 0 Å². The lowest BCUT2D eigenvalue weighted by atomic mass is 10.2. The molecule has 0 radical (unpaired) electrons. The maximum absolute atomic E-state index is 12.2. The van der Waals surface area contributed by atoms with Gasteiger partial charge in [-0.1, -0.05) is 11.6 Å². The van der Waals surface area contributed by atoms with Crippen LogP contribution in [0.5, 0.6) is 0 Å². The summed E-state index contributed by atoms with van der Waals surface area (Å²) < 4.78 is 36.6. The number of aldehydes is 1. The zero-order chi connectivity index (χ0) is 13.9. The normalized spacial score (nSPS) is 12.4. The Hall–Kier alpha value is -1.73. The summed E-state index contributed by atoms with van der Waals surface area (Å²) in [7, 11) is 0. The van der Waals surface area contributed by atoms with Gasteiger partial charge in [0, 0.05) is 16.8 Å². The molecule has 0 heterocycles. The predicted octanol–water partition coefficient (Wildman–Crippen LogP) is 2.20. The summed E-state index contributed by atoms with van der Waals surface area (Å²) in [6.45, 7) is 0. The van der Waals surface area contributed by atoms with Crippen LogP contribution in [-0.4, -0.2) is 12.5 Å². The van der Waals surface area contributed by atoms with E-state index in [9.17, 15) is 18.0 Å². The number of hydrogen-bond acceptors (Lipinski definition) is 4. The average Bonchev–Trinajstić information content (AvgIpc) is 2.27. The number of hydrogen-bond donors (Lipinski definition) is 2. The first kappa shape index (κ1) is 14.3. The highest BCUT2D eigenvalue weighted by molar-refractivity contribution is 6.31. The fraction of sp³-hybridized carbons (Fsp3) is 0.100. The Labute approximate surface area is 106 Å². The minimum atomic E-state index is -4.69. The van der Waals surface area contributed by atoms with Gasteiger partial charge in [-0.2, -0.15) is 13.2 Å². The number of nitrogens with two attached hydrogens (primary N) is 2. The molecule has 0 unspecified atom stereocenters. The Bertz CT molecular complexity index is 488. The molecule has 1 aromatic rings. The van der Waals surface area contributed by atoms with Crippen LogP contribution in [-0.2, 0) is 0 Å². The molecule has 1 aromatic carbocycles. The van der Waals surface area contributed by atoms with Crippen LogP contribution in [0.3, 0.4) is 0 Å². The van der Waals surface area contributed by atoms with Crippen molar-refractivity contribution in [3.8, 4) is 0 Å². The molecule has 0 aliphatic heterocycles. The molecular weight excluding hydrogens is 271 g/mol. The highest BCUT2D eigenvalue weighted by Crippen LogP contribution is 2.25. The molecule has 0 aliphatic rings. The molecule has 4 N–H and O–H groups in total. The predicted molar refractivity (Wildman–Crippen MR) is 61.8 cm³/mol. The van der Waals surface area contributed by atoms with E-state index in [1.807, 2.05) is 0 Å². The van der Waals surface area contributed by atoms with Crippen molar-refractivity contribution in [2.24, 2.45) is 11.6 Å². The third-order valence-corrected chi connectivity index (χ3v) is 2.24. The molecule has 0 aliphatic carbocycles. The number of nitrogens with zero attached hydrogens (tertiary/aromatic N) is 1. The molecule has 0 aromatic heterocycles. The van der Waals surface area contributed by atoms with Gasteiger partial charge >= 0.3 is 6.18 Å². The molecule has 98 valence electrons. The number of allylic oxidation sites excluding steroid dienone is 1. The average molecular weight is 280 g/mol. The number of carbonyl (C=O) groups excluding carboxylic acids is 1. The lowest BCUT2D eigenvalue weighted by molar-refractivity contribution is -0.0928. The van der Waals surface area contributed by atoms with E-state index in [0.29, 0.717) is 17.5 Å². The lowest BCUT2D eigenvalue weighted by Crippen LogP contribution is -2.30. The van der Waals surface area contributed by atoms with Crippen molar-refractivity contribution in [1.82, 2.24) is 0 Å². The first-order valence-electron chi connectivity index (χ1n) is 4.59. The molecule has 0 saturated heterocycles. The molecule has 0 fully saturated rings. The highest BCUT2D eigenvalue weighted by Gasteiger charge is 2.32. The largest absolute Gasteiger partial charge is 0.432 e. The van der Waals surface area contributed by atoms with Crippen LogP contribution >= 0.6 is 11.6 Å². The smallest absolute Gasteiger partial charge is 0.393 e. The molecule has 0 saturated carbocycles. The van der Waals surface area contributed by atoms with E-state index >= 15 is 0 Å². The van der Waals surface area contributed by atoms with E-state index < -0.39 is 11.9 Å². The summed E-state index contributed by atoms with van der Waals surface area (Å²) in [4.78, 5) is 10.8. The van der Waals surface area contributed by atoms with Gasteiger partial charge in [0.15, 0.2) is 6.29 Å². The van der Waals surface area contributed by atoms with Crippen molar-refractivity contribution < 1.29 is 18.0 Å². The number of hydrazine groups is 1. The van der Waals surface area contributed by atoms with Crippen molar-refractivity contribution in [2.75, 3.05) is 5.01 Å². The Balaban J connectivity index is 3.12. The molecule has 4 nitrogen and oxygen atoms in total. The standard InChI is InChI=1S/C10H9ClF3N3O/c11-7-1-2-8(6(3-7)5-18)17(16)4-9(15)10(12,13)14/h1-5H,15-16H2/b9-4-. The molecular formula is C10H9ClF3N3O. The molecule has 8 heteroatoms. The van der Waals surface area contributed by atoms with Gasteiger partial charge in [-0.3, -0.25) is 9.80 Å². The molecule has 0 bridgehead atoms. The summed E-state index contributed by atoms with van der Waals surface area (Å²) in [5.74, 6) is 5.39. The fourth-order valence-electron chi connectivity index (χ4n) is 1.15. The van der Waals surface area contributed by atoms with Gasteiger partial charge in [0.2, 0.25) is 0 Å². The van der Waals surface area contributed by atoms with Gasteiger partial charge in [0.05, 0.1) is 5.69 Å². The van der Waals surface area contributed by atoms with Crippen LogP contribution in [0, 0.1) is 0 Å². The number of anilines is 1. The zero-order valence-corrected chi connectivity index (χ0v) is 9.66. The lowest BCUT2D eigenvalue weighted by Gasteiger charge is -2.17. The van der Waals surface area contributed by atoms with Crippen LogP contribution in [0.25, 0.3) is 0 Å². The topological polar surface area (TPSA) is 72.3 Å². The SMILES string of the molecule is N/C(=C\N(N)c1ccc(Cl)cc1C=O)C(F)(F)F. The van der Waals surface area contributed by atoms with Gasteiger partial charge in [0.25, 0.3) is 0 Å². The van der Waals surface area contributed by atoms with Gasteiger partial charge < -0.3 is 5.73 Å². The number of halogens is 4. The van der Waals surface area contributed by atoms with Crippen LogP contribution in [0.1, 0.15) is 10.4 Å². The Kier molecular flexibility index (Phi) is 4.20. The maximum atomic E-state index is 12.2. The Morgan fingerprint density at radius 3 is 2.50 bits per heavy atom. The monoisotopic (exact) mass is 279 g/mol. The summed E-state index contributed by atoms with van der Waals surface area (Å²) in [6, 6.07) is 3.98. The molecule has 0 spiro atoms. The van der Waals surface area contributed by atoms with Gasteiger partial charge in [-0.05, 0) is 18.2 Å². The first-order chi connectivity index (χ1) is 8.25. The Morgan fingerprint density at radius 1 is 1.39 bits per heavy atom. The van der Waals surface area contributed by atoms with E-state index in [0.717, 1.165) is 0 Å². The van der Waals surface area contributed by atoms with Crippen molar-refractivity contribution in [1.29, 1.82) is 0 Å². The second kappa shape index (κ2) is 5.28. The van der Waals surface area contributed by atoms with Gasteiger partial charge in [0.1, 0.15) is 5.70 Å². The molecule has 18 heavy (non-hydrogen) atoms. The molecule has 0 atom stereocenters. The van der Waals surface area contributed by atoms with Crippen molar-refractivity contribution >= 4 is 23.6 Å². The number of alkyl halides is 3. The molecule has 0 amide bonds. The van der Waals surface area contributed by atoms with Gasteiger partial charge in [-0.25, -0.2) is 5.84 Å². The van der Waals surface area contributed by atoms with E-state index in [2.05, 4.69) is 0 Å². The summed E-state index contributed by atoms with van der Waals surface area (Å²) in [5.41, 5.74) is 3.54. The highest BCUT2D eigenvalue weighted by atomic mass is 35.5. The zero-order valence-electron chi connectivity index (χ0n) is 8.91. The third kappa shape index (κ3) is 3.38. The second-order valence-corrected chi connectivity index (χ2v) is 3.75. The number of carbonyl (C=O) groups is 1. The van der Waals surface area contributed by atoms with E-state index in [1.165, 1.54) is 18.2 Å². The first-order valence-corrected chi connectivity index (χ1v) is 4.96. The minimum absolute atomic E-state index is 0.0521. The van der Waals surface area contributed by atoms with E-state index in [-0.39, 0.29) is 16.3 Å². The van der Waals surface area contributed by atoms with E-state index in [4.69, 9.17) is 23.2 Å². The summed E-state index contributed by atoms with van der Waals surface area (Å²) in [5, 5.41) is 0.880. The third-order valence-electron chi connectivity index (χ3n) is 2.00. The van der Waals surface area contributed by atoms with Crippen LogP contribution in [0.2, 0.25) is 5.02 Å². The fourth-order valence-corrected chi connectivity index (χ4v) is 1.33. The summed E-state index contributed by atoms with van der Waals surface area (Å²) in [6.07, 6.45) is -3.78. The van der Waals surface area contributed by atoms with Crippen LogP contribution in [0.4, 0.5) is 18.9 Å². The minimum Gasteiger partial charge on any atom is -0.393 e. The number of rotatable bonds is 3. The van der Waals surface area contributed by atoms with Crippen molar-refractivity contribution in [3.63, 3.8) is 0 Å². The second-order valence-electron chi connectivity index (χ2n) is 3.31. The van der Waals surface area contributed by atoms with Crippen LogP contribution < -0.4 is 16.6 Å².